The maximum atomic E-state index is 12.2. The number of aromatic nitrogens is 2. The van der Waals surface area contributed by atoms with Gasteiger partial charge in [0.2, 0.25) is 11.8 Å². The smallest absolute Gasteiger partial charge is 0.244 e. The van der Waals surface area contributed by atoms with E-state index < -0.39 is 0 Å². The summed E-state index contributed by atoms with van der Waals surface area (Å²) in [5, 5.41) is 21.7. The normalized spacial score (nSPS) is 10.5. The lowest BCUT2D eigenvalue weighted by Crippen LogP contribution is -2.28. The summed E-state index contributed by atoms with van der Waals surface area (Å²) in [4.78, 5) is 32.7. The van der Waals surface area contributed by atoms with Crippen molar-refractivity contribution in [1.29, 1.82) is 5.26 Å². The van der Waals surface area contributed by atoms with Crippen LogP contribution in [-0.2, 0) is 9.59 Å². The van der Waals surface area contributed by atoms with Crippen molar-refractivity contribution in [2.75, 3.05) is 36.8 Å². The Morgan fingerprint density at radius 3 is 2.24 bits per heavy atom. The number of carbonyl (C=O) groups is 2. The molecule has 190 valence electrons. The number of nitrogens with one attached hydrogen (secondary N) is 4. The van der Waals surface area contributed by atoms with Crippen LogP contribution in [-0.4, -0.2) is 48.0 Å². The summed E-state index contributed by atoms with van der Waals surface area (Å²) in [6, 6.07) is 16.3. The zero-order valence-electron chi connectivity index (χ0n) is 20.6. The van der Waals surface area contributed by atoms with E-state index >= 15 is 0 Å². The number of nitriles is 1. The fraction of sp³-hybridized carbons (Fsp3) is 0.222. The summed E-state index contributed by atoms with van der Waals surface area (Å²) in [6.45, 7) is 5.12. The van der Waals surface area contributed by atoms with Crippen molar-refractivity contribution in [2.45, 2.75) is 13.8 Å². The lowest BCUT2D eigenvalue weighted by atomic mass is 10.1. The molecule has 0 bridgehead atoms. The van der Waals surface area contributed by atoms with Gasteiger partial charge in [-0.3, -0.25) is 9.59 Å². The van der Waals surface area contributed by atoms with Crippen LogP contribution in [0.4, 0.5) is 11.6 Å². The highest BCUT2D eigenvalue weighted by molar-refractivity contribution is 6.30. The van der Waals surface area contributed by atoms with Gasteiger partial charge in [-0.15, -0.1) is 0 Å². The number of rotatable bonds is 11. The summed E-state index contributed by atoms with van der Waals surface area (Å²) < 4.78 is 0. The van der Waals surface area contributed by atoms with Crippen LogP contribution in [0.5, 0.6) is 0 Å². The van der Waals surface area contributed by atoms with E-state index in [-0.39, 0.29) is 11.8 Å². The molecule has 0 aliphatic heterocycles. The fourth-order valence-corrected chi connectivity index (χ4v) is 3.44. The van der Waals surface area contributed by atoms with E-state index in [0.29, 0.717) is 54.2 Å². The predicted octanol–water partition coefficient (Wildman–Crippen LogP) is 3.77. The van der Waals surface area contributed by atoms with E-state index in [1.165, 1.54) is 13.0 Å². The molecule has 0 aliphatic rings. The molecule has 0 aliphatic carbocycles. The third-order valence-electron chi connectivity index (χ3n) is 5.20. The summed E-state index contributed by atoms with van der Waals surface area (Å²) >= 11 is 6.03. The molecule has 2 aromatic carbocycles. The summed E-state index contributed by atoms with van der Waals surface area (Å²) in [7, 11) is 0. The Balaban J connectivity index is 1.64. The van der Waals surface area contributed by atoms with Gasteiger partial charge in [-0.2, -0.15) is 5.26 Å². The van der Waals surface area contributed by atoms with Crippen LogP contribution in [0.3, 0.4) is 0 Å². The average Bonchev–Trinajstić information content (AvgIpc) is 2.89. The highest BCUT2D eigenvalue weighted by Gasteiger charge is 2.12. The molecule has 3 aromatic rings. The van der Waals surface area contributed by atoms with Gasteiger partial charge in [0.1, 0.15) is 11.6 Å². The highest BCUT2D eigenvalue weighted by atomic mass is 35.5. The minimum Gasteiger partial charge on any atom is -0.368 e. The Labute approximate surface area is 221 Å². The molecule has 3 rings (SSSR count). The summed E-state index contributed by atoms with van der Waals surface area (Å²) in [6.07, 6.45) is 3.09. The SMILES string of the molecule is CC(=O)NCCNc1nc(-c2ccc(Cl)cc2)nc(NCCNC(=O)/C=C/c2cccc(C#N)c2)c1C. The predicted molar refractivity (Wildman–Crippen MR) is 146 cm³/mol. The van der Waals surface area contributed by atoms with E-state index in [0.717, 1.165) is 16.7 Å². The van der Waals surface area contributed by atoms with Gasteiger partial charge in [0.05, 0.1) is 11.6 Å². The molecule has 4 N–H and O–H groups in total. The fourth-order valence-electron chi connectivity index (χ4n) is 3.32. The van der Waals surface area contributed by atoms with Gasteiger partial charge in [-0.1, -0.05) is 23.7 Å². The lowest BCUT2D eigenvalue weighted by Gasteiger charge is -2.16. The van der Waals surface area contributed by atoms with Crippen LogP contribution in [0.2, 0.25) is 5.02 Å². The number of benzene rings is 2. The van der Waals surface area contributed by atoms with Crippen LogP contribution in [0, 0.1) is 18.3 Å². The molecule has 0 fully saturated rings. The number of hydrogen-bond donors (Lipinski definition) is 4. The molecule has 0 spiro atoms. The van der Waals surface area contributed by atoms with Gasteiger partial charge in [0, 0.05) is 55.3 Å². The van der Waals surface area contributed by atoms with Gasteiger partial charge in [-0.05, 0) is 55.0 Å². The zero-order valence-corrected chi connectivity index (χ0v) is 21.4. The Hall–Kier alpha value is -4.42. The first-order valence-corrected chi connectivity index (χ1v) is 12.1. The Morgan fingerprint density at radius 1 is 0.973 bits per heavy atom. The minimum atomic E-state index is -0.245. The number of carbonyl (C=O) groups excluding carboxylic acids is 2. The molecule has 0 saturated carbocycles. The standard InChI is InChI=1S/C27H28ClN7O2/c1-18-25(32-14-12-30-19(2)36)34-27(22-7-9-23(28)10-8-22)35-26(18)33-15-13-31-24(37)11-6-20-4-3-5-21(16-20)17-29/h3-11,16H,12-15H2,1-2H3,(H,30,36)(H,31,37)(H2,32,33,34,35)/b11-6+. The van der Waals surface area contributed by atoms with E-state index in [4.69, 9.17) is 16.9 Å². The first-order valence-electron chi connectivity index (χ1n) is 11.7. The topological polar surface area (TPSA) is 132 Å². The quantitative estimate of drug-likeness (QED) is 0.225. The number of anilines is 2. The van der Waals surface area contributed by atoms with Crippen molar-refractivity contribution < 1.29 is 9.59 Å². The van der Waals surface area contributed by atoms with E-state index in [1.54, 1.807) is 36.4 Å². The third kappa shape index (κ3) is 8.63. The molecule has 0 saturated heterocycles. The molecule has 10 heteroatoms. The van der Waals surface area contributed by atoms with Gasteiger partial charge < -0.3 is 21.3 Å². The van der Waals surface area contributed by atoms with Gasteiger partial charge >= 0.3 is 0 Å². The second-order valence-electron chi connectivity index (χ2n) is 8.07. The Kier molecular flexibility index (Phi) is 10.00. The molecule has 0 unspecified atom stereocenters. The molecular formula is C27H28ClN7O2. The van der Waals surface area contributed by atoms with Crippen molar-refractivity contribution in [3.63, 3.8) is 0 Å². The van der Waals surface area contributed by atoms with Crippen molar-refractivity contribution >= 4 is 41.1 Å². The Morgan fingerprint density at radius 2 is 1.62 bits per heavy atom. The number of nitrogens with zero attached hydrogens (tertiary/aromatic N) is 3. The molecule has 0 radical (unpaired) electrons. The van der Waals surface area contributed by atoms with Crippen LogP contribution < -0.4 is 21.3 Å². The van der Waals surface area contributed by atoms with E-state index in [1.807, 2.05) is 25.1 Å². The number of amides is 2. The van der Waals surface area contributed by atoms with Crippen molar-refractivity contribution in [3.8, 4) is 17.5 Å². The monoisotopic (exact) mass is 517 g/mol. The largest absolute Gasteiger partial charge is 0.368 e. The second kappa shape index (κ2) is 13.6. The maximum absolute atomic E-state index is 12.2. The average molecular weight is 518 g/mol. The van der Waals surface area contributed by atoms with Gasteiger partial charge in [0.15, 0.2) is 5.82 Å². The highest BCUT2D eigenvalue weighted by Crippen LogP contribution is 2.26. The molecule has 2 amide bonds. The number of halogens is 1. The zero-order chi connectivity index (χ0) is 26.6. The number of hydrogen-bond acceptors (Lipinski definition) is 7. The molecule has 1 heterocycles. The molecular weight excluding hydrogens is 490 g/mol. The van der Waals surface area contributed by atoms with E-state index in [9.17, 15) is 9.59 Å². The van der Waals surface area contributed by atoms with Crippen LogP contribution in [0.1, 0.15) is 23.6 Å². The van der Waals surface area contributed by atoms with Crippen LogP contribution >= 0.6 is 11.6 Å². The van der Waals surface area contributed by atoms with Crippen LogP contribution in [0.15, 0.2) is 54.6 Å². The Bertz CT molecular complexity index is 1320. The minimum absolute atomic E-state index is 0.0991. The van der Waals surface area contributed by atoms with Crippen molar-refractivity contribution in [3.05, 3.63) is 76.3 Å². The first-order chi connectivity index (χ1) is 17.9. The summed E-state index contributed by atoms with van der Waals surface area (Å²) in [5.41, 5.74) is 2.92. The third-order valence-corrected chi connectivity index (χ3v) is 5.45. The van der Waals surface area contributed by atoms with Crippen molar-refractivity contribution in [1.82, 2.24) is 20.6 Å². The van der Waals surface area contributed by atoms with Crippen molar-refractivity contribution in [2.24, 2.45) is 0 Å². The maximum Gasteiger partial charge on any atom is 0.244 e. The second-order valence-corrected chi connectivity index (χ2v) is 8.51. The lowest BCUT2D eigenvalue weighted by molar-refractivity contribution is -0.119. The van der Waals surface area contributed by atoms with Crippen LogP contribution in [0.25, 0.3) is 17.5 Å². The molecule has 1 aromatic heterocycles. The molecule has 37 heavy (non-hydrogen) atoms. The molecule has 9 nitrogen and oxygen atoms in total. The first kappa shape index (κ1) is 27.2. The van der Waals surface area contributed by atoms with E-state index in [2.05, 4.69) is 37.3 Å². The van der Waals surface area contributed by atoms with Gasteiger partial charge in [-0.25, -0.2) is 9.97 Å². The summed E-state index contributed by atoms with van der Waals surface area (Å²) in [5.74, 6) is 1.43. The van der Waals surface area contributed by atoms with Gasteiger partial charge in [0.25, 0.3) is 0 Å². The molecule has 0 atom stereocenters.